The maximum Gasteiger partial charge on any atom is 2.00 e. The van der Waals surface area contributed by atoms with Crippen LogP contribution in [0.2, 0.25) is 0 Å². The quantitative estimate of drug-likeness (QED) is 0.300. The molecule has 0 aliphatic carbocycles. The Morgan fingerprint density at radius 2 is 1.73 bits per heavy atom. The van der Waals surface area contributed by atoms with Crippen molar-refractivity contribution in [2.75, 3.05) is 6.61 Å². The minimum Gasteiger partial charge on any atom is -1.00 e. The van der Waals surface area contributed by atoms with Gasteiger partial charge in [0.05, 0.1) is 5.60 Å². The molecule has 1 unspecified atom stereocenters. The first kappa shape index (κ1) is 21.2. The second-order valence-electron chi connectivity index (χ2n) is 4.24. The van der Waals surface area contributed by atoms with Crippen LogP contribution in [-0.2, 0) is 29.0 Å². The van der Waals surface area contributed by atoms with Crippen LogP contribution in [-0.4, -0.2) is 18.5 Å². The first-order valence-corrected chi connectivity index (χ1v) is 5.08. The SMILES string of the molecule is [CH2-]C(OCCCCC)OC(C)(C)C.[Cl-].[Zn+2]. The summed E-state index contributed by atoms with van der Waals surface area (Å²) in [6.45, 7) is 12.7. The van der Waals surface area contributed by atoms with Crippen LogP contribution in [0.25, 0.3) is 0 Å². The van der Waals surface area contributed by atoms with Crippen LogP contribution in [0.1, 0.15) is 47.0 Å². The van der Waals surface area contributed by atoms with Crippen LogP contribution in [0.4, 0.5) is 0 Å². The van der Waals surface area contributed by atoms with Crippen LogP contribution in [0.5, 0.6) is 0 Å². The summed E-state index contributed by atoms with van der Waals surface area (Å²) in [5.41, 5.74) is -0.169. The van der Waals surface area contributed by atoms with Crippen LogP contribution < -0.4 is 12.4 Å². The van der Waals surface area contributed by atoms with Gasteiger partial charge < -0.3 is 21.9 Å². The fourth-order valence-electron chi connectivity index (χ4n) is 0.995. The van der Waals surface area contributed by atoms with Gasteiger partial charge in [-0.1, -0.05) is 19.8 Å². The summed E-state index contributed by atoms with van der Waals surface area (Å²) in [5, 5.41) is 0. The van der Waals surface area contributed by atoms with Gasteiger partial charge in [0.15, 0.2) is 0 Å². The molecule has 0 amide bonds. The molecule has 0 bridgehead atoms. The van der Waals surface area contributed by atoms with Gasteiger partial charge in [0, 0.05) is 12.9 Å². The largest absolute Gasteiger partial charge is 2.00 e. The van der Waals surface area contributed by atoms with Gasteiger partial charge in [0.2, 0.25) is 0 Å². The molecule has 0 spiro atoms. The zero-order valence-corrected chi connectivity index (χ0v) is 14.2. The molecular weight excluding hydrogens is 265 g/mol. The molecule has 0 saturated heterocycles. The zero-order chi connectivity index (χ0) is 10.3. The van der Waals surface area contributed by atoms with Crippen molar-refractivity contribution in [1.82, 2.24) is 0 Å². The fraction of sp³-hybridized carbons (Fsp3) is 0.909. The Morgan fingerprint density at radius 3 is 2.13 bits per heavy atom. The predicted octanol–water partition coefficient (Wildman–Crippen LogP) is 0.170. The van der Waals surface area contributed by atoms with Gasteiger partial charge in [0.1, 0.15) is 0 Å². The van der Waals surface area contributed by atoms with E-state index in [1.807, 2.05) is 20.8 Å². The summed E-state index contributed by atoms with van der Waals surface area (Å²) in [6, 6.07) is 0. The normalized spacial score (nSPS) is 12.6. The minimum atomic E-state index is -0.336. The minimum absolute atomic E-state index is 0. The second kappa shape index (κ2) is 11.3. The molecule has 15 heavy (non-hydrogen) atoms. The maximum atomic E-state index is 5.48. The van der Waals surface area contributed by atoms with E-state index >= 15 is 0 Å². The average Bonchev–Trinajstić information content (AvgIpc) is 1.94. The molecule has 2 nitrogen and oxygen atoms in total. The summed E-state index contributed by atoms with van der Waals surface area (Å²) in [7, 11) is 0. The number of halogens is 1. The van der Waals surface area contributed by atoms with Crippen molar-refractivity contribution in [3.05, 3.63) is 6.92 Å². The number of unbranched alkanes of at least 4 members (excludes halogenated alkanes) is 2. The molecule has 4 heteroatoms. The van der Waals surface area contributed by atoms with E-state index in [2.05, 4.69) is 13.8 Å². The molecule has 0 fully saturated rings. The fourth-order valence-corrected chi connectivity index (χ4v) is 0.995. The zero-order valence-electron chi connectivity index (χ0n) is 10.5. The molecule has 0 aliphatic heterocycles. The van der Waals surface area contributed by atoms with Gasteiger partial charge in [-0.05, 0) is 27.2 Å². The molecule has 0 heterocycles. The van der Waals surface area contributed by atoms with Crippen molar-refractivity contribution in [1.29, 1.82) is 0 Å². The molecule has 0 saturated carbocycles. The molecule has 0 radical (unpaired) electrons. The van der Waals surface area contributed by atoms with Crippen molar-refractivity contribution >= 4 is 0 Å². The van der Waals surface area contributed by atoms with Crippen LogP contribution >= 0.6 is 0 Å². The predicted molar refractivity (Wildman–Crippen MR) is 55.5 cm³/mol. The van der Waals surface area contributed by atoms with Gasteiger partial charge >= 0.3 is 19.5 Å². The van der Waals surface area contributed by atoms with Gasteiger partial charge in [-0.15, -0.1) is 0 Å². The molecule has 0 aromatic heterocycles. The van der Waals surface area contributed by atoms with Gasteiger partial charge in [-0.25, -0.2) is 0 Å². The van der Waals surface area contributed by atoms with Crippen molar-refractivity contribution in [3.63, 3.8) is 0 Å². The van der Waals surface area contributed by atoms with E-state index in [0.29, 0.717) is 0 Å². The van der Waals surface area contributed by atoms with E-state index in [1.54, 1.807) is 0 Å². The molecule has 1 atom stereocenters. The monoisotopic (exact) mass is 286 g/mol. The number of ether oxygens (including phenoxy) is 2. The Hall–Kier alpha value is 0.833. The smallest absolute Gasteiger partial charge is 1.00 e. The first-order chi connectivity index (χ1) is 5.95. The second-order valence-corrected chi connectivity index (χ2v) is 4.24. The van der Waals surface area contributed by atoms with Crippen LogP contribution in [0, 0.1) is 6.92 Å². The van der Waals surface area contributed by atoms with Gasteiger partial charge in [-0.2, -0.15) is 0 Å². The third-order valence-electron chi connectivity index (χ3n) is 1.54. The third kappa shape index (κ3) is 17.4. The Balaban J connectivity index is -0.000000720. The van der Waals surface area contributed by atoms with Crippen LogP contribution in [0.3, 0.4) is 0 Å². The Bertz CT molecular complexity index is 126. The molecule has 0 aromatic rings. The van der Waals surface area contributed by atoms with Gasteiger partial charge in [-0.3, -0.25) is 6.92 Å². The molecule has 0 rings (SSSR count). The number of hydrogen-bond donors (Lipinski definition) is 0. The average molecular weight is 288 g/mol. The molecule has 0 N–H and O–H groups in total. The summed E-state index contributed by atoms with van der Waals surface area (Å²) in [6.07, 6.45) is 3.18. The topological polar surface area (TPSA) is 18.5 Å². The van der Waals surface area contributed by atoms with Crippen molar-refractivity contribution < 1.29 is 41.4 Å². The Morgan fingerprint density at radius 1 is 1.20 bits per heavy atom. The molecule has 0 aromatic carbocycles. The van der Waals surface area contributed by atoms with Crippen molar-refractivity contribution in [3.8, 4) is 0 Å². The summed E-state index contributed by atoms with van der Waals surface area (Å²) < 4.78 is 10.9. The molecule has 0 aliphatic rings. The van der Waals surface area contributed by atoms with E-state index < -0.39 is 0 Å². The number of hydrogen-bond acceptors (Lipinski definition) is 2. The first-order valence-electron chi connectivity index (χ1n) is 5.08. The molecule has 88 valence electrons. The third-order valence-corrected chi connectivity index (χ3v) is 1.54. The maximum absolute atomic E-state index is 5.48. The van der Waals surface area contributed by atoms with E-state index in [1.165, 1.54) is 12.8 Å². The van der Waals surface area contributed by atoms with Gasteiger partial charge in [0.25, 0.3) is 0 Å². The van der Waals surface area contributed by atoms with Crippen molar-refractivity contribution in [2.24, 2.45) is 0 Å². The van der Waals surface area contributed by atoms with E-state index in [9.17, 15) is 0 Å². The summed E-state index contributed by atoms with van der Waals surface area (Å²) >= 11 is 0. The van der Waals surface area contributed by atoms with Crippen molar-refractivity contribution in [2.45, 2.75) is 58.8 Å². The van der Waals surface area contributed by atoms with E-state index in [0.717, 1.165) is 13.0 Å². The van der Waals surface area contributed by atoms with Crippen LogP contribution in [0.15, 0.2) is 0 Å². The number of rotatable bonds is 6. The van der Waals surface area contributed by atoms with E-state index in [-0.39, 0.29) is 43.8 Å². The standard InChI is InChI=1S/C11H23O2.ClH.Zn/c1-6-7-8-9-12-10(2)13-11(3,4)5;;/h10H,2,6-9H2,1,3-5H3;1H;/q-1;;+2/p-1. The summed E-state index contributed by atoms with van der Waals surface area (Å²) in [5.74, 6) is 0. The summed E-state index contributed by atoms with van der Waals surface area (Å²) in [4.78, 5) is 0. The van der Waals surface area contributed by atoms with E-state index in [4.69, 9.17) is 9.47 Å². The Kier molecular flexibility index (Phi) is 16.0. The molecular formula is C11H23ClO2Zn. The Labute approximate surface area is 114 Å².